The average Bonchev–Trinajstić information content (AvgIpc) is 3.23. The third-order valence-electron chi connectivity index (χ3n) is 4.57. The first kappa shape index (κ1) is 19.7. The number of piperazine rings is 1. The van der Waals surface area contributed by atoms with Crippen LogP contribution in [0.25, 0.3) is 0 Å². The largest absolute Gasteiger partial charge is 0.497 e. The fraction of sp³-hybridized carbons (Fsp3) is 0.474. The molecular formula is C19H24N4O5. The van der Waals surface area contributed by atoms with Crippen LogP contribution in [0.2, 0.25) is 0 Å². The molecule has 1 aliphatic rings. The van der Waals surface area contributed by atoms with Gasteiger partial charge < -0.3 is 23.7 Å². The normalized spacial score (nSPS) is 14.3. The third-order valence-corrected chi connectivity index (χ3v) is 4.57. The Morgan fingerprint density at radius 1 is 0.929 bits per heavy atom. The molecular weight excluding hydrogens is 364 g/mol. The lowest BCUT2D eigenvalue weighted by Gasteiger charge is -2.34. The number of amides is 2. The van der Waals surface area contributed by atoms with Gasteiger partial charge in [-0.3, -0.25) is 9.59 Å². The van der Waals surface area contributed by atoms with Crippen molar-refractivity contribution in [3.63, 3.8) is 0 Å². The van der Waals surface area contributed by atoms with E-state index in [1.54, 1.807) is 28.0 Å². The molecule has 9 heteroatoms. The van der Waals surface area contributed by atoms with Crippen LogP contribution < -0.4 is 9.47 Å². The van der Waals surface area contributed by atoms with Crippen LogP contribution in [0.4, 0.5) is 0 Å². The van der Waals surface area contributed by atoms with Crippen molar-refractivity contribution in [3.05, 3.63) is 35.5 Å². The van der Waals surface area contributed by atoms with E-state index < -0.39 is 0 Å². The molecule has 0 bridgehead atoms. The summed E-state index contributed by atoms with van der Waals surface area (Å²) in [5, 5.41) is 7.73. The smallest absolute Gasteiger partial charge is 0.311 e. The molecule has 28 heavy (non-hydrogen) atoms. The van der Waals surface area contributed by atoms with Gasteiger partial charge in [0.2, 0.25) is 5.89 Å². The summed E-state index contributed by atoms with van der Waals surface area (Å²) in [7, 11) is 3.07. The Balaban J connectivity index is 1.64. The van der Waals surface area contributed by atoms with Crippen LogP contribution in [0.3, 0.4) is 0 Å². The minimum Gasteiger partial charge on any atom is -0.497 e. The summed E-state index contributed by atoms with van der Waals surface area (Å²) < 4.78 is 15.9. The molecule has 1 aliphatic heterocycles. The van der Waals surface area contributed by atoms with Crippen molar-refractivity contribution in [1.29, 1.82) is 0 Å². The molecule has 1 aromatic carbocycles. The number of rotatable bonds is 5. The average molecular weight is 388 g/mol. The Labute approximate surface area is 163 Å². The Hall–Kier alpha value is -3.10. The van der Waals surface area contributed by atoms with Crippen LogP contribution >= 0.6 is 0 Å². The van der Waals surface area contributed by atoms with E-state index >= 15 is 0 Å². The van der Waals surface area contributed by atoms with Crippen molar-refractivity contribution in [1.82, 2.24) is 20.0 Å². The lowest BCUT2D eigenvalue weighted by atomic mass is 10.1. The van der Waals surface area contributed by atoms with Crippen LogP contribution in [0, 0.1) is 0 Å². The summed E-state index contributed by atoms with van der Waals surface area (Å²) >= 11 is 0. The van der Waals surface area contributed by atoms with Gasteiger partial charge in [0.05, 0.1) is 14.2 Å². The maximum atomic E-state index is 12.8. The number of carbonyl (C=O) groups is 2. The van der Waals surface area contributed by atoms with Gasteiger partial charge in [-0.15, -0.1) is 10.2 Å². The molecule has 0 spiro atoms. The Kier molecular flexibility index (Phi) is 5.81. The van der Waals surface area contributed by atoms with Crippen LogP contribution in [0.5, 0.6) is 11.5 Å². The Morgan fingerprint density at radius 3 is 1.93 bits per heavy atom. The Morgan fingerprint density at radius 2 is 1.46 bits per heavy atom. The lowest BCUT2D eigenvalue weighted by Crippen LogP contribution is -2.50. The fourth-order valence-electron chi connectivity index (χ4n) is 2.92. The van der Waals surface area contributed by atoms with Crippen molar-refractivity contribution >= 4 is 11.8 Å². The van der Waals surface area contributed by atoms with Crippen LogP contribution in [0.1, 0.15) is 46.7 Å². The zero-order valence-electron chi connectivity index (χ0n) is 16.5. The van der Waals surface area contributed by atoms with E-state index in [1.165, 1.54) is 14.2 Å². The molecule has 0 atom stereocenters. The van der Waals surface area contributed by atoms with E-state index in [0.717, 1.165) is 0 Å². The highest BCUT2D eigenvalue weighted by Crippen LogP contribution is 2.24. The predicted octanol–water partition coefficient (Wildman–Crippen LogP) is 1.81. The van der Waals surface area contributed by atoms with E-state index in [9.17, 15) is 9.59 Å². The van der Waals surface area contributed by atoms with Crippen LogP contribution in [0.15, 0.2) is 22.6 Å². The van der Waals surface area contributed by atoms with Gasteiger partial charge in [0, 0.05) is 43.7 Å². The highest BCUT2D eigenvalue weighted by molar-refractivity contribution is 5.95. The van der Waals surface area contributed by atoms with Gasteiger partial charge in [0.15, 0.2) is 0 Å². The zero-order chi connectivity index (χ0) is 20.3. The van der Waals surface area contributed by atoms with Crippen LogP contribution in [-0.2, 0) is 0 Å². The second-order valence-electron chi connectivity index (χ2n) is 6.79. The van der Waals surface area contributed by atoms with Gasteiger partial charge in [-0.25, -0.2) is 0 Å². The highest BCUT2D eigenvalue weighted by atomic mass is 16.5. The molecule has 9 nitrogen and oxygen atoms in total. The first-order valence-corrected chi connectivity index (χ1v) is 9.08. The molecule has 1 saturated heterocycles. The number of carbonyl (C=O) groups excluding carboxylic acids is 2. The number of hydrogen-bond acceptors (Lipinski definition) is 7. The summed E-state index contributed by atoms with van der Waals surface area (Å²) in [5.41, 5.74) is 0.481. The quantitative estimate of drug-likeness (QED) is 0.770. The van der Waals surface area contributed by atoms with E-state index in [4.69, 9.17) is 13.9 Å². The molecule has 2 amide bonds. The number of methoxy groups -OCH3 is 2. The monoisotopic (exact) mass is 388 g/mol. The minimum atomic E-state index is -0.311. The van der Waals surface area contributed by atoms with Crippen molar-refractivity contribution in [2.45, 2.75) is 19.8 Å². The summed E-state index contributed by atoms with van der Waals surface area (Å²) in [6, 6.07) is 5.06. The number of nitrogens with zero attached hydrogens (tertiary/aromatic N) is 4. The molecule has 150 valence electrons. The first-order valence-electron chi connectivity index (χ1n) is 9.08. The standard InChI is InChI=1S/C19H24N4O5/c1-12(2)16-20-21-17(28-16)19(25)23-7-5-22(6-8-23)18(24)13-9-14(26-3)11-15(10-13)27-4/h9-12H,5-8H2,1-4H3. The van der Waals surface area contributed by atoms with Gasteiger partial charge in [-0.1, -0.05) is 13.8 Å². The SMILES string of the molecule is COc1cc(OC)cc(C(=O)N2CCN(C(=O)c3nnc(C(C)C)o3)CC2)c1. The molecule has 2 aromatic rings. The van der Waals surface area contributed by atoms with Crippen molar-refractivity contribution in [2.24, 2.45) is 0 Å². The van der Waals surface area contributed by atoms with E-state index in [0.29, 0.717) is 49.1 Å². The molecule has 2 heterocycles. The Bertz CT molecular complexity index is 834. The third kappa shape index (κ3) is 4.08. The van der Waals surface area contributed by atoms with E-state index in [1.807, 2.05) is 13.8 Å². The van der Waals surface area contributed by atoms with Crippen molar-refractivity contribution < 1.29 is 23.5 Å². The second kappa shape index (κ2) is 8.28. The fourth-order valence-corrected chi connectivity index (χ4v) is 2.92. The minimum absolute atomic E-state index is 0.0130. The maximum Gasteiger partial charge on any atom is 0.311 e. The summed E-state index contributed by atoms with van der Waals surface area (Å²) in [4.78, 5) is 28.7. The second-order valence-corrected chi connectivity index (χ2v) is 6.79. The van der Waals surface area contributed by atoms with Gasteiger partial charge in [0.25, 0.3) is 5.91 Å². The van der Waals surface area contributed by atoms with Crippen molar-refractivity contribution in [3.8, 4) is 11.5 Å². The molecule has 1 aromatic heterocycles. The topological polar surface area (TPSA) is 98.0 Å². The van der Waals surface area contributed by atoms with Crippen LogP contribution in [-0.4, -0.2) is 72.2 Å². The number of aromatic nitrogens is 2. The summed E-state index contributed by atoms with van der Waals surface area (Å²) in [5.74, 6) is 1.13. The van der Waals surface area contributed by atoms with E-state index in [2.05, 4.69) is 10.2 Å². The number of benzene rings is 1. The van der Waals surface area contributed by atoms with Gasteiger partial charge >= 0.3 is 11.8 Å². The van der Waals surface area contributed by atoms with Crippen molar-refractivity contribution in [2.75, 3.05) is 40.4 Å². The molecule has 0 unspecified atom stereocenters. The van der Waals surface area contributed by atoms with E-state index in [-0.39, 0.29) is 23.6 Å². The van der Waals surface area contributed by atoms with Gasteiger partial charge in [0.1, 0.15) is 11.5 Å². The molecule has 0 saturated carbocycles. The predicted molar refractivity (Wildman–Crippen MR) is 99.7 cm³/mol. The first-order chi connectivity index (χ1) is 13.4. The van der Waals surface area contributed by atoms with Gasteiger partial charge in [-0.05, 0) is 12.1 Å². The van der Waals surface area contributed by atoms with Gasteiger partial charge in [-0.2, -0.15) is 0 Å². The molecule has 3 rings (SSSR count). The highest BCUT2D eigenvalue weighted by Gasteiger charge is 2.29. The number of ether oxygens (including phenoxy) is 2. The molecule has 0 aliphatic carbocycles. The molecule has 0 radical (unpaired) electrons. The maximum absolute atomic E-state index is 12.8. The number of hydrogen-bond donors (Lipinski definition) is 0. The summed E-state index contributed by atoms with van der Waals surface area (Å²) in [6.07, 6.45) is 0. The lowest BCUT2D eigenvalue weighted by molar-refractivity contribution is 0.0512. The summed E-state index contributed by atoms with van der Waals surface area (Å²) in [6.45, 7) is 5.44. The zero-order valence-corrected chi connectivity index (χ0v) is 16.5. The molecule has 0 N–H and O–H groups in total. The molecule has 1 fully saturated rings.